The fourth-order valence-corrected chi connectivity index (χ4v) is 4.15. The quantitative estimate of drug-likeness (QED) is 0.528. The van der Waals surface area contributed by atoms with E-state index in [0.717, 1.165) is 5.69 Å². The number of aryl methyl sites for hydroxylation is 1. The van der Waals surface area contributed by atoms with E-state index in [1.165, 1.54) is 0 Å². The first kappa shape index (κ1) is 19.8. The number of ether oxygens (including phenoxy) is 1. The van der Waals surface area contributed by atoms with E-state index >= 15 is 0 Å². The Morgan fingerprint density at radius 2 is 1.84 bits per heavy atom. The minimum atomic E-state index is -3.29. The maximum atomic E-state index is 12.7. The average molecular weight is 371 g/mol. The van der Waals surface area contributed by atoms with Gasteiger partial charge in [0, 0.05) is 6.54 Å². The molecule has 0 aliphatic carbocycles. The lowest BCUT2D eigenvalue weighted by Crippen LogP contribution is -2.13. The summed E-state index contributed by atoms with van der Waals surface area (Å²) >= 11 is 0. The van der Waals surface area contributed by atoms with Crippen LogP contribution in [0.5, 0.6) is 0 Å². The van der Waals surface area contributed by atoms with Crippen LogP contribution in [0.3, 0.4) is 0 Å². The number of aromatic nitrogens is 4. The molecule has 0 fully saturated rings. The van der Waals surface area contributed by atoms with Crippen molar-refractivity contribution < 1.29 is 18.3 Å². The minimum absolute atomic E-state index is 0.105. The number of fused-ring (bicyclic) bond motifs is 1. The zero-order valence-corrected chi connectivity index (χ0v) is 16.2. The fraction of sp³-hybridized carbons (Fsp3) is 0.667. The number of anilines is 1. The molecule has 2 aromatic heterocycles. The summed E-state index contributed by atoms with van der Waals surface area (Å²) in [5.41, 5.74) is 7.76. The maximum Gasteiger partial charge on any atom is 0.356 e. The number of nitrogens with zero attached hydrogens (tertiary/aromatic N) is 4. The zero-order valence-electron chi connectivity index (χ0n) is 15.3. The first-order chi connectivity index (χ1) is 11.7. The van der Waals surface area contributed by atoms with E-state index in [1.807, 2.05) is 11.5 Å². The molecular weight excluding hydrogens is 345 g/mol. The van der Waals surface area contributed by atoms with Crippen molar-refractivity contribution >= 4 is 24.7 Å². The summed E-state index contributed by atoms with van der Waals surface area (Å²) in [7, 11) is -3.29. The molecule has 0 aliphatic heterocycles. The molecule has 0 amide bonds. The van der Waals surface area contributed by atoms with Crippen molar-refractivity contribution in [3.63, 3.8) is 0 Å². The van der Waals surface area contributed by atoms with Crippen LogP contribution in [0, 0.1) is 6.92 Å². The Morgan fingerprint density at radius 3 is 2.44 bits per heavy atom. The van der Waals surface area contributed by atoms with Gasteiger partial charge in [0.25, 0.3) is 0 Å². The number of nitrogens with two attached hydrogens (primary N) is 1. The summed E-state index contributed by atoms with van der Waals surface area (Å²) in [5, 5.41) is 0. The summed E-state index contributed by atoms with van der Waals surface area (Å²) in [6, 6.07) is 0. The van der Waals surface area contributed by atoms with Gasteiger partial charge >= 0.3 is 7.60 Å². The largest absolute Gasteiger partial charge is 0.368 e. The average Bonchev–Trinajstić information content (AvgIpc) is 2.85. The molecule has 140 valence electrons. The molecular formula is C15H26N5O4P. The standard InChI is InChI=1S/C15H26N5O4P/c1-10(2)23-25(21,24-11(3)4)9-22-7-6-20-8-17-13-12(5)18-15(16)19-14(13)20/h8,10-11H,6-7,9H2,1-5H3,(H2,16,18,19). The van der Waals surface area contributed by atoms with Crippen LogP contribution in [0.2, 0.25) is 0 Å². The van der Waals surface area contributed by atoms with Crippen molar-refractivity contribution in [3.8, 4) is 0 Å². The zero-order chi connectivity index (χ0) is 18.6. The van der Waals surface area contributed by atoms with Crippen molar-refractivity contribution in [1.82, 2.24) is 19.5 Å². The molecule has 0 spiro atoms. The molecule has 9 nitrogen and oxygen atoms in total. The topological polar surface area (TPSA) is 114 Å². The molecule has 0 saturated heterocycles. The molecule has 2 N–H and O–H groups in total. The molecule has 0 bridgehead atoms. The molecule has 10 heteroatoms. The molecule has 2 aromatic rings. The monoisotopic (exact) mass is 371 g/mol. The third-order valence-corrected chi connectivity index (χ3v) is 5.11. The minimum Gasteiger partial charge on any atom is -0.368 e. The molecule has 0 aliphatic rings. The van der Waals surface area contributed by atoms with E-state index in [0.29, 0.717) is 24.3 Å². The molecule has 2 heterocycles. The normalized spacial score (nSPS) is 12.6. The van der Waals surface area contributed by atoms with Crippen molar-refractivity contribution in [2.45, 2.75) is 53.4 Å². The third-order valence-electron chi connectivity index (χ3n) is 3.12. The summed E-state index contributed by atoms with van der Waals surface area (Å²) in [5.74, 6) is 0.202. The predicted octanol–water partition coefficient (Wildman–Crippen LogP) is 2.73. The van der Waals surface area contributed by atoms with Gasteiger partial charge in [-0.05, 0) is 34.6 Å². The molecule has 2 rings (SSSR count). The van der Waals surface area contributed by atoms with Crippen LogP contribution in [-0.4, -0.2) is 44.7 Å². The smallest absolute Gasteiger partial charge is 0.356 e. The van der Waals surface area contributed by atoms with Crippen LogP contribution in [0.1, 0.15) is 33.4 Å². The lowest BCUT2D eigenvalue weighted by atomic mass is 10.4. The number of nitrogen functional groups attached to an aromatic ring is 1. The van der Waals surface area contributed by atoms with E-state index < -0.39 is 7.60 Å². The van der Waals surface area contributed by atoms with Gasteiger partial charge in [-0.15, -0.1) is 0 Å². The van der Waals surface area contributed by atoms with Gasteiger partial charge in [-0.1, -0.05) is 0 Å². The highest BCUT2D eigenvalue weighted by Gasteiger charge is 2.28. The third kappa shape index (κ3) is 5.47. The lowest BCUT2D eigenvalue weighted by molar-refractivity contribution is 0.0961. The Balaban J connectivity index is 1.97. The van der Waals surface area contributed by atoms with Crippen molar-refractivity contribution in [3.05, 3.63) is 12.0 Å². The Morgan fingerprint density at radius 1 is 1.20 bits per heavy atom. The van der Waals surface area contributed by atoms with Crippen LogP contribution >= 0.6 is 7.60 Å². The second-order valence-corrected chi connectivity index (χ2v) is 8.14. The van der Waals surface area contributed by atoms with Crippen LogP contribution in [-0.2, 0) is 24.9 Å². The second kappa shape index (κ2) is 8.23. The van der Waals surface area contributed by atoms with Gasteiger partial charge in [0.2, 0.25) is 5.95 Å². The maximum absolute atomic E-state index is 12.7. The lowest BCUT2D eigenvalue weighted by Gasteiger charge is -2.22. The SMILES string of the molecule is Cc1nc(N)nc2c1ncn2CCOCP(=O)(OC(C)C)OC(C)C. The molecule has 0 radical (unpaired) electrons. The van der Waals surface area contributed by atoms with Crippen LogP contribution in [0.15, 0.2) is 6.33 Å². The first-order valence-electron chi connectivity index (χ1n) is 8.19. The Kier molecular flexibility index (Phi) is 6.51. The van der Waals surface area contributed by atoms with Gasteiger partial charge in [0.05, 0.1) is 30.8 Å². The molecule has 0 atom stereocenters. The number of hydrogen-bond donors (Lipinski definition) is 1. The highest BCUT2D eigenvalue weighted by Crippen LogP contribution is 2.50. The molecule has 0 saturated carbocycles. The van der Waals surface area contributed by atoms with Gasteiger partial charge in [-0.2, -0.15) is 4.98 Å². The summed E-state index contributed by atoms with van der Waals surface area (Å²) in [6.45, 7) is 9.84. The highest BCUT2D eigenvalue weighted by molar-refractivity contribution is 7.53. The van der Waals surface area contributed by atoms with Crippen LogP contribution < -0.4 is 5.73 Å². The van der Waals surface area contributed by atoms with Gasteiger partial charge in [0.15, 0.2) is 5.65 Å². The Bertz CT molecular complexity index is 748. The Hall–Kier alpha value is -1.54. The van der Waals surface area contributed by atoms with Gasteiger partial charge < -0.3 is 24.1 Å². The predicted molar refractivity (Wildman–Crippen MR) is 95.3 cm³/mol. The summed E-state index contributed by atoms with van der Waals surface area (Å²) < 4.78 is 30.9. The van der Waals surface area contributed by atoms with Crippen molar-refractivity contribution in [1.29, 1.82) is 0 Å². The summed E-state index contributed by atoms with van der Waals surface area (Å²) in [4.78, 5) is 12.6. The van der Waals surface area contributed by atoms with E-state index in [-0.39, 0.29) is 24.5 Å². The van der Waals surface area contributed by atoms with E-state index in [1.54, 1.807) is 34.0 Å². The number of imidazole rings is 1. The summed E-state index contributed by atoms with van der Waals surface area (Å²) in [6.07, 6.45) is 1.12. The number of hydrogen-bond acceptors (Lipinski definition) is 8. The van der Waals surface area contributed by atoms with Gasteiger partial charge in [-0.25, -0.2) is 9.97 Å². The Labute approximate surface area is 147 Å². The van der Waals surface area contributed by atoms with Crippen molar-refractivity contribution in [2.24, 2.45) is 0 Å². The van der Waals surface area contributed by atoms with Crippen LogP contribution in [0.4, 0.5) is 5.95 Å². The van der Waals surface area contributed by atoms with Crippen LogP contribution in [0.25, 0.3) is 11.2 Å². The van der Waals surface area contributed by atoms with E-state index in [2.05, 4.69) is 15.0 Å². The molecule has 0 unspecified atom stereocenters. The first-order valence-corrected chi connectivity index (χ1v) is 9.91. The molecule has 0 aromatic carbocycles. The second-order valence-electron chi connectivity index (χ2n) is 6.23. The van der Waals surface area contributed by atoms with Gasteiger partial charge in [0.1, 0.15) is 11.9 Å². The van der Waals surface area contributed by atoms with Crippen molar-refractivity contribution in [2.75, 3.05) is 18.7 Å². The molecule has 25 heavy (non-hydrogen) atoms. The fourth-order valence-electron chi connectivity index (χ4n) is 2.34. The van der Waals surface area contributed by atoms with E-state index in [9.17, 15) is 4.57 Å². The van der Waals surface area contributed by atoms with Gasteiger partial charge in [-0.3, -0.25) is 4.57 Å². The highest BCUT2D eigenvalue weighted by atomic mass is 31.2. The number of rotatable bonds is 9. The van der Waals surface area contributed by atoms with E-state index in [4.69, 9.17) is 19.5 Å².